The molecule has 198 valence electrons. The van der Waals surface area contributed by atoms with Gasteiger partial charge in [0, 0.05) is 6.54 Å². The van der Waals surface area contributed by atoms with Crippen LogP contribution in [0.3, 0.4) is 0 Å². The Morgan fingerprint density at radius 1 is 0.868 bits per heavy atom. The van der Waals surface area contributed by atoms with E-state index in [2.05, 4.69) is 0 Å². The van der Waals surface area contributed by atoms with E-state index in [1.165, 1.54) is 26.2 Å². The molecule has 4 rings (SSSR count). The molecule has 3 aromatic carbocycles. The topological polar surface area (TPSA) is 94.5 Å². The molecule has 1 aliphatic heterocycles. The molecule has 1 atom stereocenters. The second-order valence-corrected chi connectivity index (χ2v) is 9.05. The molecule has 0 aromatic heterocycles. The highest BCUT2D eigenvalue weighted by Gasteiger charge is 2.46. The Morgan fingerprint density at radius 3 is 2.08 bits per heavy atom. The van der Waals surface area contributed by atoms with Gasteiger partial charge in [0.2, 0.25) is 0 Å². The van der Waals surface area contributed by atoms with Crippen molar-refractivity contribution in [1.29, 1.82) is 0 Å². The third-order valence-corrected chi connectivity index (χ3v) is 6.26. The van der Waals surface area contributed by atoms with Crippen molar-refractivity contribution in [3.63, 3.8) is 0 Å². The van der Waals surface area contributed by atoms with Crippen molar-refractivity contribution < 1.29 is 33.6 Å². The van der Waals surface area contributed by atoms with E-state index in [-0.39, 0.29) is 29.5 Å². The van der Waals surface area contributed by atoms with Crippen molar-refractivity contribution in [2.45, 2.75) is 32.5 Å². The summed E-state index contributed by atoms with van der Waals surface area (Å²) in [5.74, 6) is -0.0413. The minimum Gasteiger partial charge on any atom is -0.506 e. The lowest BCUT2D eigenvalue weighted by Gasteiger charge is -2.26. The van der Waals surface area contributed by atoms with E-state index in [0.717, 1.165) is 5.56 Å². The number of aliphatic hydroxyl groups is 1. The lowest BCUT2D eigenvalue weighted by molar-refractivity contribution is -0.140. The molecule has 38 heavy (non-hydrogen) atoms. The van der Waals surface area contributed by atoms with Gasteiger partial charge in [-0.15, -0.1) is 0 Å². The number of carbonyl (C=O) groups is 2. The summed E-state index contributed by atoms with van der Waals surface area (Å²) in [5.41, 5.74) is 1.54. The van der Waals surface area contributed by atoms with Crippen molar-refractivity contribution in [3.05, 3.63) is 89.0 Å². The molecular weight excluding hydrogens is 486 g/mol. The van der Waals surface area contributed by atoms with Gasteiger partial charge in [0.15, 0.2) is 0 Å². The predicted octanol–water partition coefficient (Wildman–Crippen LogP) is 5.12. The molecule has 8 heteroatoms. The van der Waals surface area contributed by atoms with Gasteiger partial charge < -0.3 is 29.0 Å². The van der Waals surface area contributed by atoms with Gasteiger partial charge in [-0.1, -0.05) is 30.3 Å². The maximum Gasteiger partial charge on any atom is 0.295 e. The summed E-state index contributed by atoms with van der Waals surface area (Å²) >= 11 is 0. The SMILES string of the molecule is COc1cccc(C2/C(=C(\O)c3c(OC)cccc3OC)C(=O)C(=O)N2Cc2ccc(OC(C)C)cc2)c1. The average Bonchev–Trinajstić information content (AvgIpc) is 3.17. The van der Waals surface area contributed by atoms with Crippen LogP contribution in [-0.2, 0) is 16.1 Å². The number of hydrogen-bond donors (Lipinski definition) is 1. The van der Waals surface area contributed by atoms with Gasteiger partial charge in [-0.2, -0.15) is 0 Å². The van der Waals surface area contributed by atoms with Crippen LogP contribution >= 0.6 is 0 Å². The first-order valence-electron chi connectivity index (χ1n) is 12.2. The number of hydrogen-bond acceptors (Lipinski definition) is 7. The third kappa shape index (κ3) is 5.16. The minimum atomic E-state index is -0.883. The van der Waals surface area contributed by atoms with Gasteiger partial charge in [-0.25, -0.2) is 0 Å². The molecule has 0 spiro atoms. The first kappa shape index (κ1) is 26.6. The quantitative estimate of drug-likeness (QED) is 0.239. The zero-order valence-electron chi connectivity index (χ0n) is 22.1. The molecule has 1 unspecified atom stereocenters. The fraction of sp³-hybridized carbons (Fsp3) is 0.267. The third-order valence-electron chi connectivity index (χ3n) is 6.26. The Hall–Kier alpha value is -4.46. The van der Waals surface area contributed by atoms with Crippen molar-refractivity contribution in [3.8, 4) is 23.0 Å². The monoisotopic (exact) mass is 517 g/mol. The Labute approximate surface area is 222 Å². The van der Waals surface area contributed by atoms with E-state index < -0.39 is 17.7 Å². The zero-order valence-corrected chi connectivity index (χ0v) is 22.1. The highest BCUT2D eigenvalue weighted by Crippen LogP contribution is 2.44. The highest BCUT2D eigenvalue weighted by atomic mass is 16.5. The van der Waals surface area contributed by atoms with Crippen LogP contribution in [0, 0.1) is 0 Å². The molecule has 1 fully saturated rings. The van der Waals surface area contributed by atoms with E-state index in [1.54, 1.807) is 42.5 Å². The smallest absolute Gasteiger partial charge is 0.295 e. The molecule has 8 nitrogen and oxygen atoms in total. The Morgan fingerprint density at radius 2 is 1.50 bits per heavy atom. The standard InChI is InChI=1S/C30H31NO7/c1-18(2)38-21-14-12-19(13-15-21)17-31-27(20-8-6-9-22(16-20)35-3)26(29(33)30(31)34)28(32)25-23(36-4)10-7-11-24(25)37-5/h6-16,18,27,32H,17H2,1-5H3/b28-26+. The fourth-order valence-corrected chi connectivity index (χ4v) is 4.56. The number of aliphatic hydroxyl groups excluding tert-OH is 1. The lowest BCUT2D eigenvalue weighted by atomic mass is 9.94. The molecule has 1 heterocycles. The van der Waals surface area contributed by atoms with Crippen molar-refractivity contribution in [2.24, 2.45) is 0 Å². The number of nitrogens with zero attached hydrogens (tertiary/aromatic N) is 1. The van der Waals surface area contributed by atoms with Gasteiger partial charge in [0.1, 0.15) is 34.3 Å². The first-order valence-corrected chi connectivity index (χ1v) is 12.2. The van der Waals surface area contributed by atoms with E-state index >= 15 is 0 Å². The molecule has 0 bridgehead atoms. The Kier molecular flexibility index (Phi) is 7.90. The molecule has 1 amide bonds. The number of likely N-dealkylation sites (tertiary alicyclic amines) is 1. The Balaban J connectivity index is 1.86. The van der Waals surface area contributed by atoms with Crippen LogP contribution in [0.4, 0.5) is 0 Å². The number of amides is 1. The number of benzene rings is 3. The van der Waals surface area contributed by atoms with Gasteiger partial charge in [-0.05, 0) is 61.4 Å². The van der Waals surface area contributed by atoms with Gasteiger partial charge in [0.05, 0.1) is 39.0 Å². The molecule has 0 saturated carbocycles. The van der Waals surface area contributed by atoms with Gasteiger partial charge in [-0.3, -0.25) is 9.59 Å². The number of Topliss-reactive ketones (excluding diaryl/α,β-unsaturated/α-hetero) is 1. The molecule has 1 N–H and O–H groups in total. The number of carbonyl (C=O) groups excluding carboxylic acids is 2. The van der Waals surface area contributed by atoms with Crippen LogP contribution < -0.4 is 18.9 Å². The molecule has 1 aliphatic rings. The summed E-state index contributed by atoms with van der Waals surface area (Å²) in [6, 6.07) is 18.6. The molecule has 1 saturated heterocycles. The Bertz CT molecular complexity index is 1340. The van der Waals surface area contributed by atoms with Crippen molar-refractivity contribution in [2.75, 3.05) is 21.3 Å². The average molecular weight is 518 g/mol. The lowest BCUT2D eigenvalue weighted by Crippen LogP contribution is -2.29. The summed E-state index contributed by atoms with van der Waals surface area (Å²) < 4.78 is 22.0. The van der Waals surface area contributed by atoms with Gasteiger partial charge in [0.25, 0.3) is 11.7 Å². The van der Waals surface area contributed by atoms with Crippen LogP contribution in [0.5, 0.6) is 23.0 Å². The zero-order chi connectivity index (χ0) is 27.4. The molecule has 0 aliphatic carbocycles. The molecule has 3 aromatic rings. The van der Waals surface area contributed by atoms with Crippen molar-refractivity contribution in [1.82, 2.24) is 4.90 Å². The fourth-order valence-electron chi connectivity index (χ4n) is 4.56. The number of ketones is 1. The van der Waals surface area contributed by atoms with E-state index in [9.17, 15) is 14.7 Å². The maximum atomic E-state index is 13.5. The van der Waals surface area contributed by atoms with Crippen LogP contribution in [0.2, 0.25) is 0 Å². The summed E-state index contributed by atoms with van der Waals surface area (Å²) in [5, 5.41) is 11.6. The summed E-state index contributed by atoms with van der Waals surface area (Å²) in [6.07, 6.45) is 0.0266. The predicted molar refractivity (Wildman–Crippen MR) is 143 cm³/mol. The first-order chi connectivity index (χ1) is 18.3. The normalized spacial score (nSPS) is 16.6. The van der Waals surface area contributed by atoms with E-state index in [1.807, 2.05) is 38.1 Å². The number of rotatable bonds is 9. The van der Waals surface area contributed by atoms with Crippen LogP contribution in [0.25, 0.3) is 5.76 Å². The largest absolute Gasteiger partial charge is 0.506 e. The summed E-state index contributed by atoms with van der Waals surface area (Å²) in [4.78, 5) is 28.4. The van der Waals surface area contributed by atoms with Crippen LogP contribution in [0.15, 0.2) is 72.3 Å². The van der Waals surface area contributed by atoms with E-state index in [4.69, 9.17) is 18.9 Å². The molecular formula is C30H31NO7. The number of methoxy groups -OCH3 is 3. The van der Waals surface area contributed by atoms with Gasteiger partial charge >= 0.3 is 0 Å². The second-order valence-electron chi connectivity index (χ2n) is 9.05. The second kappa shape index (κ2) is 11.3. The summed E-state index contributed by atoms with van der Waals surface area (Å²) in [6.45, 7) is 4.02. The summed E-state index contributed by atoms with van der Waals surface area (Å²) in [7, 11) is 4.45. The maximum absolute atomic E-state index is 13.5. The number of ether oxygens (including phenoxy) is 4. The molecule has 0 radical (unpaired) electrons. The van der Waals surface area contributed by atoms with Crippen molar-refractivity contribution >= 4 is 17.4 Å². The minimum absolute atomic E-state index is 0.0266. The highest BCUT2D eigenvalue weighted by molar-refractivity contribution is 6.46. The van der Waals surface area contributed by atoms with E-state index in [0.29, 0.717) is 28.6 Å². The van der Waals surface area contributed by atoms with Crippen LogP contribution in [0.1, 0.15) is 36.6 Å². The van der Waals surface area contributed by atoms with Crippen LogP contribution in [-0.4, -0.2) is 49.1 Å².